The molecule has 0 aromatic rings. The van der Waals surface area contributed by atoms with Crippen molar-refractivity contribution in [3.63, 3.8) is 0 Å². The van der Waals surface area contributed by atoms with Gasteiger partial charge in [-0.1, -0.05) is 20.4 Å². The molecule has 1 aliphatic rings. The average molecular weight is 215 g/mol. The van der Waals surface area contributed by atoms with Gasteiger partial charge in [0.25, 0.3) is 0 Å². The Balaban J connectivity index is 2.27. The van der Waals surface area contributed by atoms with Crippen molar-refractivity contribution in [3.05, 3.63) is 12.3 Å². The molecule has 0 aliphatic carbocycles. The predicted octanol–water partition coefficient (Wildman–Crippen LogP) is 2.00. The molecule has 1 fully saturated rings. The van der Waals surface area contributed by atoms with Crippen LogP contribution in [0.15, 0.2) is 12.3 Å². The summed E-state index contributed by atoms with van der Waals surface area (Å²) in [5.41, 5.74) is 1.23. The van der Waals surface area contributed by atoms with Gasteiger partial charge in [-0.05, 0) is 18.8 Å². The Morgan fingerprint density at radius 3 is 2.50 bits per heavy atom. The topological polar surface area (TPSA) is 20.3 Å². The molecular weight excluding hydrogens is 194 g/mol. The molecule has 0 aromatic carbocycles. The number of allylic oxidation sites excluding steroid dienone is 1. The van der Waals surface area contributed by atoms with Crippen LogP contribution in [0.4, 0.5) is 0 Å². The van der Waals surface area contributed by atoms with Crippen LogP contribution in [0, 0.1) is 5.92 Å². The maximum Gasteiger partial charge on any atom is 0.0411 e. The van der Waals surface area contributed by atoms with E-state index in [4.69, 9.17) is 0 Å². The van der Waals surface area contributed by atoms with Crippen molar-refractivity contribution in [1.29, 1.82) is 0 Å². The molecular formula is C11H21NOS. The number of nitrogens with zero attached hydrogens (tertiary/aromatic N) is 1. The Bertz CT molecular complexity index is 215. The fraction of sp³-hybridized carbons (Fsp3) is 0.818. The first-order valence-electron chi connectivity index (χ1n) is 5.37. The zero-order valence-electron chi connectivity index (χ0n) is 9.29. The zero-order valence-corrected chi connectivity index (χ0v) is 10.1. The van der Waals surface area contributed by atoms with Crippen LogP contribution in [0.2, 0.25) is 0 Å². The highest BCUT2D eigenvalue weighted by molar-refractivity contribution is 7.85. The molecule has 1 aliphatic heterocycles. The van der Waals surface area contributed by atoms with E-state index in [1.54, 1.807) is 0 Å². The summed E-state index contributed by atoms with van der Waals surface area (Å²) in [6.45, 7) is 10.4. The van der Waals surface area contributed by atoms with Crippen molar-refractivity contribution in [2.75, 3.05) is 24.6 Å². The van der Waals surface area contributed by atoms with E-state index < -0.39 is 10.8 Å². The van der Waals surface area contributed by atoms with Crippen LogP contribution in [-0.2, 0) is 10.8 Å². The molecule has 0 aromatic heterocycles. The van der Waals surface area contributed by atoms with Crippen molar-refractivity contribution in [2.45, 2.75) is 26.7 Å². The van der Waals surface area contributed by atoms with Gasteiger partial charge < -0.3 is 4.90 Å². The number of rotatable bonds is 4. The summed E-state index contributed by atoms with van der Waals surface area (Å²) in [4.78, 5) is 2.30. The van der Waals surface area contributed by atoms with Crippen molar-refractivity contribution in [1.82, 2.24) is 4.90 Å². The molecule has 0 saturated carbocycles. The van der Waals surface area contributed by atoms with E-state index in [0.29, 0.717) is 0 Å². The molecule has 82 valence electrons. The molecule has 0 amide bonds. The van der Waals surface area contributed by atoms with Gasteiger partial charge in [-0.15, -0.1) is 0 Å². The van der Waals surface area contributed by atoms with Gasteiger partial charge in [0.1, 0.15) is 0 Å². The molecule has 0 spiro atoms. The minimum absolute atomic E-state index is 0.573. The van der Waals surface area contributed by atoms with Crippen LogP contribution < -0.4 is 0 Å². The summed E-state index contributed by atoms with van der Waals surface area (Å²) in [7, 11) is -0.573. The van der Waals surface area contributed by atoms with Gasteiger partial charge in [0.05, 0.1) is 0 Å². The Morgan fingerprint density at radius 2 is 2.00 bits per heavy atom. The summed E-state index contributed by atoms with van der Waals surface area (Å²) in [5.74, 6) is 2.38. The third-order valence-corrected chi connectivity index (χ3v) is 3.91. The lowest BCUT2D eigenvalue weighted by Crippen LogP contribution is -2.36. The molecule has 0 atom stereocenters. The molecule has 14 heavy (non-hydrogen) atoms. The Hall–Kier alpha value is -0.310. The summed E-state index contributed by atoms with van der Waals surface area (Å²) in [5, 5.41) is 0. The van der Waals surface area contributed by atoms with Gasteiger partial charge >= 0.3 is 0 Å². The van der Waals surface area contributed by atoms with Gasteiger partial charge in [0.15, 0.2) is 0 Å². The third kappa shape index (κ3) is 3.82. The maximum atomic E-state index is 11.2. The highest BCUT2D eigenvalue weighted by Crippen LogP contribution is 2.15. The molecule has 1 rings (SSSR count). The minimum atomic E-state index is -0.573. The zero-order chi connectivity index (χ0) is 10.6. The van der Waals surface area contributed by atoms with Crippen LogP contribution in [0.3, 0.4) is 0 Å². The molecule has 2 nitrogen and oxygen atoms in total. The van der Waals surface area contributed by atoms with Crippen molar-refractivity contribution in [3.8, 4) is 0 Å². The summed E-state index contributed by atoms with van der Waals surface area (Å²) in [6.07, 6.45) is 2.29. The second-order valence-corrected chi connectivity index (χ2v) is 6.03. The van der Waals surface area contributed by atoms with Crippen molar-refractivity contribution >= 4 is 10.8 Å². The molecule has 0 radical (unpaired) electrons. The first-order chi connectivity index (χ1) is 6.59. The normalized spacial score (nSPS) is 18.9. The lowest BCUT2D eigenvalue weighted by atomic mass is 10.1. The SMILES string of the molecule is C=C(CCC(C)C)N1CCS(=O)CC1. The van der Waals surface area contributed by atoms with E-state index in [0.717, 1.165) is 36.9 Å². The lowest BCUT2D eigenvalue weighted by molar-refractivity contribution is 0.354. The van der Waals surface area contributed by atoms with Gasteiger partial charge in [0.2, 0.25) is 0 Å². The van der Waals surface area contributed by atoms with Crippen LogP contribution in [0.1, 0.15) is 26.7 Å². The number of hydrogen-bond acceptors (Lipinski definition) is 2. The summed E-state index contributed by atoms with van der Waals surface area (Å²) >= 11 is 0. The smallest absolute Gasteiger partial charge is 0.0411 e. The van der Waals surface area contributed by atoms with E-state index in [1.165, 1.54) is 12.1 Å². The van der Waals surface area contributed by atoms with Crippen LogP contribution >= 0.6 is 0 Å². The molecule has 0 bridgehead atoms. The van der Waals surface area contributed by atoms with E-state index in [9.17, 15) is 4.21 Å². The van der Waals surface area contributed by atoms with Crippen LogP contribution in [-0.4, -0.2) is 33.7 Å². The Morgan fingerprint density at radius 1 is 1.43 bits per heavy atom. The highest BCUT2D eigenvalue weighted by Gasteiger charge is 2.15. The first-order valence-corrected chi connectivity index (χ1v) is 6.86. The second kappa shape index (κ2) is 5.54. The van der Waals surface area contributed by atoms with E-state index in [-0.39, 0.29) is 0 Å². The summed E-state index contributed by atoms with van der Waals surface area (Å²) in [6, 6.07) is 0. The highest BCUT2D eigenvalue weighted by atomic mass is 32.2. The standard InChI is InChI=1S/C11H21NOS/c1-10(2)4-5-11(3)12-6-8-14(13)9-7-12/h10H,3-9H2,1-2H3. The summed E-state index contributed by atoms with van der Waals surface area (Å²) < 4.78 is 11.2. The fourth-order valence-corrected chi connectivity index (χ4v) is 2.62. The molecule has 3 heteroatoms. The quantitative estimate of drug-likeness (QED) is 0.715. The van der Waals surface area contributed by atoms with Gasteiger partial charge in [0, 0.05) is 41.1 Å². The molecule has 1 heterocycles. The maximum absolute atomic E-state index is 11.2. The van der Waals surface area contributed by atoms with Crippen LogP contribution in [0.25, 0.3) is 0 Å². The molecule has 1 saturated heterocycles. The van der Waals surface area contributed by atoms with Crippen molar-refractivity contribution in [2.24, 2.45) is 5.92 Å². The molecule has 0 unspecified atom stereocenters. The van der Waals surface area contributed by atoms with Crippen LogP contribution in [0.5, 0.6) is 0 Å². The fourth-order valence-electron chi connectivity index (χ4n) is 1.57. The minimum Gasteiger partial charge on any atom is -0.373 e. The Labute approximate surface area is 89.8 Å². The first kappa shape index (κ1) is 11.8. The van der Waals surface area contributed by atoms with Gasteiger partial charge in [-0.25, -0.2) is 0 Å². The van der Waals surface area contributed by atoms with E-state index in [2.05, 4.69) is 25.3 Å². The van der Waals surface area contributed by atoms with Gasteiger partial charge in [-0.3, -0.25) is 4.21 Å². The monoisotopic (exact) mass is 215 g/mol. The third-order valence-electron chi connectivity index (χ3n) is 2.64. The Kier molecular flexibility index (Phi) is 4.66. The largest absolute Gasteiger partial charge is 0.373 e. The molecule has 0 N–H and O–H groups in total. The van der Waals surface area contributed by atoms with Crippen molar-refractivity contribution < 1.29 is 4.21 Å². The average Bonchev–Trinajstić information content (AvgIpc) is 2.15. The van der Waals surface area contributed by atoms with E-state index in [1.807, 2.05) is 0 Å². The second-order valence-electron chi connectivity index (χ2n) is 4.33. The number of hydrogen-bond donors (Lipinski definition) is 0. The van der Waals surface area contributed by atoms with Gasteiger partial charge in [-0.2, -0.15) is 0 Å². The van der Waals surface area contributed by atoms with E-state index >= 15 is 0 Å². The predicted molar refractivity (Wildman–Crippen MR) is 62.7 cm³/mol. The lowest BCUT2D eigenvalue weighted by Gasteiger charge is -2.30.